The molecule has 0 bridgehead atoms. The molecular formula is C17H24ClN3. The molecule has 1 N–H and O–H groups in total. The van der Waals surface area contributed by atoms with Crippen LogP contribution in [0.4, 0.5) is 0 Å². The van der Waals surface area contributed by atoms with Gasteiger partial charge in [-0.2, -0.15) is 5.10 Å². The summed E-state index contributed by atoms with van der Waals surface area (Å²) in [6.45, 7) is 7.28. The molecule has 1 heterocycles. The maximum Gasteiger partial charge on any atom is 0.0762 e. The Morgan fingerprint density at radius 1 is 1.19 bits per heavy atom. The van der Waals surface area contributed by atoms with Gasteiger partial charge in [0.2, 0.25) is 0 Å². The number of hydrogen-bond acceptors (Lipinski definition) is 2. The number of aromatic nitrogens is 2. The summed E-state index contributed by atoms with van der Waals surface area (Å²) in [5, 5.41) is 8.95. The lowest BCUT2D eigenvalue weighted by molar-refractivity contribution is 0.423. The number of benzene rings is 1. The van der Waals surface area contributed by atoms with Crippen molar-refractivity contribution in [1.82, 2.24) is 15.1 Å². The first-order valence-corrected chi connectivity index (χ1v) is 8.05. The minimum absolute atomic E-state index is 0.206. The van der Waals surface area contributed by atoms with Crippen LogP contribution in [0.2, 0.25) is 5.02 Å². The van der Waals surface area contributed by atoms with Crippen molar-refractivity contribution in [2.24, 2.45) is 0 Å². The second-order valence-electron chi connectivity index (χ2n) is 5.38. The third-order valence-corrected chi connectivity index (χ3v) is 4.29. The summed E-state index contributed by atoms with van der Waals surface area (Å²) < 4.78 is 2.08. The Hall–Kier alpha value is -1.32. The van der Waals surface area contributed by atoms with Gasteiger partial charge < -0.3 is 5.32 Å². The van der Waals surface area contributed by atoms with Crippen LogP contribution in [0.15, 0.2) is 36.5 Å². The molecule has 4 heteroatoms. The molecule has 1 aromatic heterocycles. The summed E-state index contributed by atoms with van der Waals surface area (Å²) in [4.78, 5) is 0. The van der Waals surface area contributed by atoms with Gasteiger partial charge in [0.25, 0.3) is 0 Å². The summed E-state index contributed by atoms with van der Waals surface area (Å²) >= 11 is 6.22. The highest BCUT2D eigenvalue weighted by molar-refractivity contribution is 6.31. The molecule has 0 radical (unpaired) electrons. The van der Waals surface area contributed by atoms with E-state index in [4.69, 9.17) is 11.6 Å². The van der Waals surface area contributed by atoms with E-state index in [9.17, 15) is 0 Å². The van der Waals surface area contributed by atoms with Crippen LogP contribution in [0.25, 0.3) is 0 Å². The van der Waals surface area contributed by atoms with Gasteiger partial charge in [-0.3, -0.25) is 4.68 Å². The first-order chi connectivity index (χ1) is 10.2. The Kier molecular flexibility index (Phi) is 5.83. The highest BCUT2D eigenvalue weighted by atomic mass is 35.5. The normalized spacial score (nSPS) is 12.8. The smallest absolute Gasteiger partial charge is 0.0762 e. The summed E-state index contributed by atoms with van der Waals surface area (Å²) in [7, 11) is 0. The third-order valence-electron chi connectivity index (χ3n) is 3.94. The Labute approximate surface area is 132 Å². The fraction of sp³-hybridized carbons (Fsp3) is 0.471. The topological polar surface area (TPSA) is 29.9 Å². The standard InChI is InChI=1S/C17H24ClN3/c1-4-15(5-2)21-11-10-14(20-21)12-19-13(3)16-8-6-7-9-17(16)18/h6-11,13,15,19H,4-5,12H2,1-3H3/t13-/m1/s1. The maximum absolute atomic E-state index is 6.22. The van der Waals surface area contributed by atoms with Crippen molar-refractivity contribution in [3.05, 3.63) is 52.8 Å². The maximum atomic E-state index is 6.22. The van der Waals surface area contributed by atoms with Crippen molar-refractivity contribution < 1.29 is 0 Å². The van der Waals surface area contributed by atoms with Crippen LogP contribution >= 0.6 is 11.6 Å². The molecule has 0 aliphatic heterocycles. The van der Waals surface area contributed by atoms with Crippen molar-refractivity contribution in [3.8, 4) is 0 Å². The largest absolute Gasteiger partial charge is 0.304 e. The average Bonchev–Trinajstić information content (AvgIpc) is 2.95. The molecule has 0 aliphatic carbocycles. The van der Waals surface area contributed by atoms with E-state index < -0.39 is 0 Å². The van der Waals surface area contributed by atoms with Gasteiger partial charge >= 0.3 is 0 Å². The van der Waals surface area contributed by atoms with Crippen LogP contribution in [0.1, 0.15) is 57.0 Å². The predicted molar refractivity (Wildman–Crippen MR) is 88.6 cm³/mol. The van der Waals surface area contributed by atoms with Gasteiger partial charge in [0, 0.05) is 23.8 Å². The molecule has 21 heavy (non-hydrogen) atoms. The number of nitrogens with one attached hydrogen (secondary N) is 1. The van der Waals surface area contributed by atoms with Crippen LogP contribution in [-0.4, -0.2) is 9.78 Å². The van der Waals surface area contributed by atoms with E-state index in [-0.39, 0.29) is 6.04 Å². The minimum atomic E-state index is 0.206. The number of rotatable bonds is 7. The lowest BCUT2D eigenvalue weighted by Crippen LogP contribution is -2.19. The lowest BCUT2D eigenvalue weighted by Gasteiger charge is -2.15. The molecular weight excluding hydrogens is 282 g/mol. The molecule has 0 fully saturated rings. The van der Waals surface area contributed by atoms with E-state index in [0.29, 0.717) is 6.04 Å². The zero-order chi connectivity index (χ0) is 15.2. The fourth-order valence-electron chi connectivity index (χ4n) is 2.53. The van der Waals surface area contributed by atoms with Gasteiger partial charge in [-0.25, -0.2) is 0 Å². The molecule has 3 nitrogen and oxygen atoms in total. The van der Waals surface area contributed by atoms with Gasteiger partial charge in [0.1, 0.15) is 0 Å². The van der Waals surface area contributed by atoms with E-state index in [1.54, 1.807) is 0 Å². The molecule has 0 unspecified atom stereocenters. The highest BCUT2D eigenvalue weighted by Gasteiger charge is 2.11. The van der Waals surface area contributed by atoms with Crippen molar-refractivity contribution in [2.75, 3.05) is 0 Å². The average molecular weight is 306 g/mol. The van der Waals surface area contributed by atoms with Crippen LogP contribution in [0.5, 0.6) is 0 Å². The first-order valence-electron chi connectivity index (χ1n) is 7.67. The van der Waals surface area contributed by atoms with Gasteiger partial charge in [-0.05, 0) is 37.5 Å². The number of hydrogen-bond donors (Lipinski definition) is 1. The molecule has 2 aromatic rings. The molecule has 0 aliphatic rings. The van der Waals surface area contributed by atoms with Gasteiger partial charge in [0.15, 0.2) is 0 Å². The van der Waals surface area contributed by atoms with Crippen molar-refractivity contribution in [3.63, 3.8) is 0 Å². The second-order valence-corrected chi connectivity index (χ2v) is 5.79. The molecule has 0 saturated heterocycles. The minimum Gasteiger partial charge on any atom is -0.304 e. The summed E-state index contributed by atoms with van der Waals surface area (Å²) in [5.41, 5.74) is 2.19. The summed E-state index contributed by atoms with van der Waals surface area (Å²) in [6.07, 6.45) is 4.30. The zero-order valence-corrected chi connectivity index (χ0v) is 13.8. The van der Waals surface area contributed by atoms with E-state index in [1.165, 1.54) is 0 Å². The lowest BCUT2D eigenvalue weighted by atomic mass is 10.1. The monoisotopic (exact) mass is 305 g/mol. The zero-order valence-electron chi connectivity index (χ0n) is 13.0. The molecule has 1 atom stereocenters. The molecule has 0 amide bonds. The quantitative estimate of drug-likeness (QED) is 0.800. The Bertz CT molecular complexity index is 561. The Morgan fingerprint density at radius 3 is 2.57 bits per heavy atom. The van der Waals surface area contributed by atoms with E-state index in [2.05, 4.69) is 54.2 Å². The predicted octanol–water partition coefficient (Wildman–Crippen LogP) is 4.75. The van der Waals surface area contributed by atoms with Gasteiger partial charge in [-0.1, -0.05) is 43.6 Å². The Morgan fingerprint density at radius 2 is 1.90 bits per heavy atom. The Balaban J connectivity index is 1.96. The van der Waals surface area contributed by atoms with Gasteiger partial charge in [0.05, 0.1) is 11.7 Å². The number of halogens is 1. The molecule has 1 aromatic carbocycles. The second kappa shape index (κ2) is 7.62. The van der Waals surface area contributed by atoms with E-state index in [1.807, 2.05) is 18.2 Å². The summed E-state index contributed by atoms with van der Waals surface area (Å²) in [5.74, 6) is 0. The molecule has 2 rings (SSSR count). The third kappa shape index (κ3) is 4.08. The van der Waals surface area contributed by atoms with Crippen LogP contribution in [0.3, 0.4) is 0 Å². The molecule has 114 valence electrons. The van der Waals surface area contributed by atoms with Crippen LogP contribution in [0, 0.1) is 0 Å². The van der Waals surface area contributed by atoms with E-state index in [0.717, 1.165) is 35.7 Å². The van der Waals surface area contributed by atoms with Crippen molar-refractivity contribution in [2.45, 2.75) is 52.2 Å². The van der Waals surface area contributed by atoms with Gasteiger partial charge in [-0.15, -0.1) is 0 Å². The van der Waals surface area contributed by atoms with Crippen LogP contribution in [-0.2, 0) is 6.54 Å². The van der Waals surface area contributed by atoms with E-state index >= 15 is 0 Å². The molecule has 0 spiro atoms. The van der Waals surface area contributed by atoms with Crippen molar-refractivity contribution >= 4 is 11.6 Å². The first kappa shape index (κ1) is 16.1. The fourth-order valence-corrected chi connectivity index (χ4v) is 2.83. The number of nitrogens with zero attached hydrogens (tertiary/aromatic N) is 2. The molecule has 0 saturated carbocycles. The summed E-state index contributed by atoms with van der Waals surface area (Å²) in [6, 6.07) is 10.7. The highest BCUT2D eigenvalue weighted by Crippen LogP contribution is 2.22. The SMILES string of the molecule is CCC(CC)n1ccc(CN[C@H](C)c2ccccc2Cl)n1. The van der Waals surface area contributed by atoms with Crippen molar-refractivity contribution in [1.29, 1.82) is 0 Å². The van der Waals surface area contributed by atoms with Crippen LogP contribution < -0.4 is 5.32 Å².